The fourth-order valence-corrected chi connectivity index (χ4v) is 9.22. The molecule has 4 aromatic heterocycles. The van der Waals surface area contributed by atoms with Crippen LogP contribution in [0.25, 0.3) is 97.6 Å². The molecule has 0 amide bonds. The Morgan fingerprint density at radius 3 is 2.00 bits per heavy atom. The molecule has 0 saturated carbocycles. The van der Waals surface area contributed by atoms with Gasteiger partial charge in [-0.1, -0.05) is 127 Å². The molecule has 0 aliphatic rings. The first-order valence-electron chi connectivity index (χ1n) is 16.5. The molecule has 11 rings (SSSR count). The van der Waals surface area contributed by atoms with Crippen LogP contribution >= 0.6 is 11.3 Å². The van der Waals surface area contributed by atoms with Gasteiger partial charge in [-0.05, 0) is 41.1 Å². The maximum Gasteiger partial charge on any atom is 0.235 e. The van der Waals surface area contributed by atoms with Crippen molar-refractivity contribution in [3.63, 3.8) is 0 Å². The normalized spacial score (nSPS) is 12.1. The van der Waals surface area contributed by atoms with Crippen molar-refractivity contribution in [3.8, 4) is 22.9 Å². The van der Waals surface area contributed by atoms with Crippen molar-refractivity contribution in [2.75, 3.05) is 0 Å². The van der Waals surface area contributed by atoms with Gasteiger partial charge in [0, 0.05) is 43.6 Å². The van der Waals surface area contributed by atoms with Crippen LogP contribution in [0.4, 0.5) is 0 Å². The second-order valence-corrected chi connectivity index (χ2v) is 13.6. The zero-order chi connectivity index (χ0) is 32.1. The largest absolute Gasteiger partial charge is 0.301 e. The first-order chi connectivity index (χ1) is 24.3. The molecule has 0 N–H and O–H groups in total. The number of nitrogens with zero attached hydrogens (tertiary/aromatic N) is 4. The van der Waals surface area contributed by atoms with Crippen molar-refractivity contribution in [1.82, 2.24) is 19.1 Å². The molecule has 0 unspecified atom stereocenters. The predicted octanol–water partition coefficient (Wildman–Crippen LogP) is 11.9. The third-order valence-electron chi connectivity index (χ3n) is 9.92. The molecule has 0 spiro atoms. The molecule has 0 atom stereocenters. The van der Waals surface area contributed by atoms with Gasteiger partial charge in [0.05, 0.1) is 32.5 Å². The van der Waals surface area contributed by atoms with Crippen LogP contribution in [-0.4, -0.2) is 19.1 Å². The van der Waals surface area contributed by atoms with E-state index >= 15 is 0 Å². The molecule has 0 fully saturated rings. The summed E-state index contributed by atoms with van der Waals surface area (Å²) in [5.41, 5.74) is 7.55. The molecule has 5 heteroatoms. The quantitative estimate of drug-likeness (QED) is 0.192. The second kappa shape index (κ2) is 10.1. The van der Waals surface area contributed by atoms with Crippen LogP contribution in [0.2, 0.25) is 0 Å². The van der Waals surface area contributed by atoms with Gasteiger partial charge in [-0.25, -0.2) is 9.97 Å². The van der Waals surface area contributed by atoms with Crippen LogP contribution < -0.4 is 0 Å². The summed E-state index contributed by atoms with van der Waals surface area (Å²) in [5.74, 6) is 0.675. The van der Waals surface area contributed by atoms with Crippen LogP contribution in [0.1, 0.15) is 0 Å². The zero-order valence-corrected chi connectivity index (χ0v) is 27.0. The first kappa shape index (κ1) is 26.7. The average molecular weight is 643 g/mol. The Morgan fingerprint density at radius 1 is 0.449 bits per heavy atom. The van der Waals surface area contributed by atoms with Crippen LogP contribution in [0.3, 0.4) is 0 Å². The van der Waals surface area contributed by atoms with Crippen LogP contribution in [0.5, 0.6) is 0 Å². The SMILES string of the molecule is c1ccc(-c2nc(-n3c4ccc5ccccc5c4c4ccc5c(sc6c5c5ccccc5n6-c5ccccc5)c43)nc3ccccc23)cc1. The van der Waals surface area contributed by atoms with E-state index in [0.29, 0.717) is 5.95 Å². The maximum absolute atomic E-state index is 5.41. The number of benzene rings is 7. The lowest BCUT2D eigenvalue weighted by molar-refractivity contribution is 1.02. The molecular formula is C44H26N4S. The minimum Gasteiger partial charge on any atom is -0.301 e. The molecule has 0 aliphatic heterocycles. The number of thiophene rings is 1. The van der Waals surface area contributed by atoms with E-state index in [0.717, 1.165) is 38.9 Å². The van der Waals surface area contributed by atoms with Gasteiger partial charge in [0.1, 0.15) is 4.83 Å². The van der Waals surface area contributed by atoms with Gasteiger partial charge in [-0.3, -0.25) is 4.57 Å². The smallest absolute Gasteiger partial charge is 0.235 e. The Labute approximate surface area is 284 Å². The fraction of sp³-hybridized carbons (Fsp3) is 0. The second-order valence-electron chi connectivity index (χ2n) is 12.6. The van der Waals surface area contributed by atoms with E-state index in [1.165, 1.54) is 52.8 Å². The molecule has 4 nitrogen and oxygen atoms in total. The Kier molecular flexibility index (Phi) is 5.51. The van der Waals surface area contributed by atoms with Gasteiger partial charge in [-0.15, -0.1) is 11.3 Å². The molecule has 0 radical (unpaired) electrons. The molecule has 49 heavy (non-hydrogen) atoms. The summed E-state index contributed by atoms with van der Waals surface area (Å²) in [6, 6.07) is 56.1. The lowest BCUT2D eigenvalue weighted by Crippen LogP contribution is -2.03. The lowest BCUT2D eigenvalue weighted by Gasteiger charge is -2.12. The molecule has 4 heterocycles. The summed E-state index contributed by atoms with van der Waals surface area (Å²) >= 11 is 1.86. The number of rotatable bonds is 3. The highest BCUT2D eigenvalue weighted by Crippen LogP contribution is 2.48. The third-order valence-corrected chi connectivity index (χ3v) is 11.1. The Bertz CT molecular complexity index is 3100. The summed E-state index contributed by atoms with van der Waals surface area (Å²) in [7, 11) is 0. The average Bonchev–Trinajstić information content (AvgIpc) is 3.82. The molecule has 7 aromatic carbocycles. The number of fused-ring (bicyclic) bond motifs is 12. The highest BCUT2D eigenvalue weighted by Gasteiger charge is 2.24. The Morgan fingerprint density at radius 2 is 1.14 bits per heavy atom. The van der Waals surface area contributed by atoms with Crippen LogP contribution in [0, 0.1) is 0 Å². The number of aromatic nitrogens is 4. The highest BCUT2D eigenvalue weighted by atomic mass is 32.1. The van der Waals surface area contributed by atoms with Gasteiger partial charge in [0.15, 0.2) is 0 Å². The van der Waals surface area contributed by atoms with Crippen molar-refractivity contribution in [1.29, 1.82) is 0 Å². The predicted molar refractivity (Wildman–Crippen MR) is 207 cm³/mol. The molecule has 0 aliphatic carbocycles. The first-order valence-corrected chi connectivity index (χ1v) is 17.3. The fourth-order valence-electron chi connectivity index (χ4n) is 7.84. The minimum atomic E-state index is 0.675. The van der Waals surface area contributed by atoms with E-state index in [2.05, 4.69) is 167 Å². The summed E-state index contributed by atoms with van der Waals surface area (Å²) < 4.78 is 5.98. The van der Waals surface area contributed by atoms with E-state index in [1.807, 2.05) is 11.3 Å². The van der Waals surface area contributed by atoms with Crippen molar-refractivity contribution in [3.05, 3.63) is 158 Å². The standard InChI is InChI=1S/C44H26N4S/c1-3-14-28(15-4-1)40-31-19-9-11-21-35(31)45-44(46-40)48-37-26-23-27-13-7-8-18-30(27)38(37)33-24-25-34-39-32-20-10-12-22-36(32)47(29-16-5-2-6-17-29)43(39)49-42(34)41(33)48/h1-26H. The summed E-state index contributed by atoms with van der Waals surface area (Å²) in [4.78, 5) is 11.9. The van der Waals surface area contributed by atoms with Crippen LogP contribution in [-0.2, 0) is 0 Å². The minimum absolute atomic E-state index is 0.675. The van der Waals surface area contributed by atoms with E-state index in [9.17, 15) is 0 Å². The van der Waals surface area contributed by atoms with Gasteiger partial charge in [-0.2, -0.15) is 0 Å². The number of hydrogen-bond acceptors (Lipinski definition) is 3. The summed E-state index contributed by atoms with van der Waals surface area (Å²) in [6.45, 7) is 0. The van der Waals surface area contributed by atoms with Crippen molar-refractivity contribution >= 4 is 86.0 Å². The summed E-state index contributed by atoms with van der Waals surface area (Å²) in [6.07, 6.45) is 0. The number of hydrogen-bond donors (Lipinski definition) is 0. The monoisotopic (exact) mass is 642 g/mol. The third kappa shape index (κ3) is 3.73. The van der Waals surface area contributed by atoms with Crippen molar-refractivity contribution in [2.45, 2.75) is 0 Å². The van der Waals surface area contributed by atoms with Gasteiger partial charge < -0.3 is 4.57 Å². The Balaban J connectivity index is 1.35. The maximum atomic E-state index is 5.41. The number of para-hydroxylation sites is 3. The van der Waals surface area contributed by atoms with Gasteiger partial charge in [0.2, 0.25) is 5.95 Å². The van der Waals surface area contributed by atoms with E-state index in [4.69, 9.17) is 9.97 Å². The summed E-state index contributed by atoms with van der Waals surface area (Å²) in [5, 5.41) is 9.71. The molecule has 228 valence electrons. The van der Waals surface area contributed by atoms with E-state index in [-0.39, 0.29) is 0 Å². The topological polar surface area (TPSA) is 35.6 Å². The van der Waals surface area contributed by atoms with Crippen molar-refractivity contribution < 1.29 is 0 Å². The Hall–Kier alpha value is -6.30. The molecule has 0 bridgehead atoms. The zero-order valence-electron chi connectivity index (χ0n) is 26.2. The van der Waals surface area contributed by atoms with Gasteiger partial charge in [0.25, 0.3) is 0 Å². The van der Waals surface area contributed by atoms with E-state index < -0.39 is 0 Å². The molecule has 0 saturated heterocycles. The van der Waals surface area contributed by atoms with Gasteiger partial charge >= 0.3 is 0 Å². The van der Waals surface area contributed by atoms with Crippen molar-refractivity contribution in [2.24, 2.45) is 0 Å². The molecular weight excluding hydrogens is 617 g/mol. The highest BCUT2D eigenvalue weighted by molar-refractivity contribution is 7.26. The lowest BCUT2D eigenvalue weighted by atomic mass is 10.0. The van der Waals surface area contributed by atoms with E-state index in [1.54, 1.807) is 0 Å². The molecule has 11 aromatic rings. The van der Waals surface area contributed by atoms with Crippen LogP contribution in [0.15, 0.2) is 158 Å².